The number of nitrogens with two attached hydrogens (primary N) is 2. The van der Waals surface area contributed by atoms with E-state index < -0.39 is 11.7 Å². The number of nitrogens with zero attached hydrogens (tertiary/aromatic N) is 2. The number of anilines is 1. The van der Waals surface area contributed by atoms with Crippen LogP contribution >= 0.6 is 0 Å². The van der Waals surface area contributed by atoms with Gasteiger partial charge in [0.2, 0.25) is 5.95 Å². The number of fused-ring (bicyclic) bond motifs is 1. The van der Waals surface area contributed by atoms with Gasteiger partial charge >= 0.3 is 6.18 Å². The number of benzene rings is 1. The first-order chi connectivity index (χ1) is 8.41. The maximum atomic E-state index is 12.6. The van der Waals surface area contributed by atoms with Crippen LogP contribution in [0.25, 0.3) is 10.9 Å². The molecule has 0 saturated heterocycles. The lowest BCUT2D eigenvalue weighted by Gasteiger charge is -2.10. The van der Waals surface area contributed by atoms with E-state index in [1.165, 1.54) is 6.07 Å². The van der Waals surface area contributed by atoms with Crippen LogP contribution in [0.5, 0.6) is 0 Å². The van der Waals surface area contributed by atoms with Crippen LogP contribution in [0.2, 0.25) is 0 Å². The largest absolute Gasteiger partial charge is 0.416 e. The molecule has 7 heteroatoms. The quantitative estimate of drug-likeness (QED) is 0.857. The first-order valence-electron chi connectivity index (χ1n) is 5.25. The van der Waals surface area contributed by atoms with E-state index in [0.29, 0.717) is 23.0 Å². The van der Waals surface area contributed by atoms with Crippen molar-refractivity contribution in [3.63, 3.8) is 0 Å². The van der Waals surface area contributed by atoms with Crippen molar-refractivity contribution in [2.45, 2.75) is 12.6 Å². The van der Waals surface area contributed by atoms with Crippen LogP contribution in [-0.4, -0.2) is 16.5 Å². The Hall–Kier alpha value is -1.89. The second kappa shape index (κ2) is 4.41. The van der Waals surface area contributed by atoms with E-state index >= 15 is 0 Å². The number of aromatic nitrogens is 2. The fourth-order valence-corrected chi connectivity index (χ4v) is 1.72. The third kappa shape index (κ3) is 2.35. The van der Waals surface area contributed by atoms with E-state index in [2.05, 4.69) is 9.97 Å². The molecule has 0 unspecified atom stereocenters. The minimum Gasteiger partial charge on any atom is -0.368 e. The average molecular weight is 256 g/mol. The summed E-state index contributed by atoms with van der Waals surface area (Å²) in [5, 5.41) is 0.337. The van der Waals surface area contributed by atoms with Crippen molar-refractivity contribution in [3.8, 4) is 0 Å². The number of hydrogen-bond acceptors (Lipinski definition) is 4. The molecule has 1 aromatic heterocycles. The summed E-state index contributed by atoms with van der Waals surface area (Å²) >= 11 is 0. The summed E-state index contributed by atoms with van der Waals surface area (Å²) in [6, 6.07) is 3.29. The fraction of sp³-hybridized carbons (Fsp3) is 0.273. The molecule has 18 heavy (non-hydrogen) atoms. The van der Waals surface area contributed by atoms with Gasteiger partial charge in [-0.1, -0.05) is 0 Å². The third-order valence-corrected chi connectivity index (χ3v) is 2.50. The molecule has 0 atom stereocenters. The van der Waals surface area contributed by atoms with Crippen molar-refractivity contribution >= 4 is 16.9 Å². The van der Waals surface area contributed by atoms with Gasteiger partial charge in [-0.2, -0.15) is 13.2 Å². The predicted octanol–water partition coefficient (Wildman–Crippen LogP) is 1.73. The Morgan fingerprint density at radius 3 is 2.50 bits per heavy atom. The molecule has 0 bridgehead atoms. The molecule has 1 aromatic carbocycles. The van der Waals surface area contributed by atoms with E-state index in [1.54, 1.807) is 0 Å². The van der Waals surface area contributed by atoms with E-state index in [1.807, 2.05) is 0 Å². The summed E-state index contributed by atoms with van der Waals surface area (Å²) in [5.41, 5.74) is 11.0. The van der Waals surface area contributed by atoms with E-state index in [-0.39, 0.29) is 12.5 Å². The highest BCUT2D eigenvalue weighted by molar-refractivity contribution is 5.82. The second-order valence-corrected chi connectivity index (χ2v) is 3.80. The van der Waals surface area contributed by atoms with Gasteiger partial charge in [0.1, 0.15) is 0 Å². The molecular weight excluding hydrogens is 245 g/mol. The van der Waals surface area contributed by atoms with Gasteiger partial charge in [0, 0.05) is 11.8 Å². The van der Waals surface area contributed by atoms with E-state index in [4.69, 9.17) is 11.5 Å². The molecule has 0 aliphatic rings. The highest BCUT2D eigenvalue weighted by Gasteiger charge is 2.30. The summed E-state index contributed by atoms with van der Waals surface area (Å²) in [4.78, 5) is 7.83. The summed E-state index contributed by atoms with van der Waals surface area (Å²) in [7, 11) is 0. The third-order valence-electron chi connectivity index (χ3n) is 2.50. The van der Waals surface area contributed by atoms with Crippen molar-refractivity contribution in [2.24, 2.45) is 5.73 Å². The first kappa shape index (κ1) is 12.6. The number of halogens is 3. The highest BCUT2D eigenvalue weighted by Crippen LogP contribution is 2.31. The van der Waals surface area contributed by atoms with Gasteiger partial charge in [0.15, 0.2) is 0 Å². The molecule has 0 amide bonds. The minimum atomic E-state index is -4.39. The summed E-state index contributed by atoms with van der Waals surface area (Å²) < 4.78 is 37.9. The van der Waals surface area contributed by atoms with Crippen LogP contribution in [0.3, 0.4) is 0 Å². The molecular formula is C11H11F3N4. The molecule has 0 aliphatic heterocycles. The van der Waals surface area contributed by atoms with Gasteiger partial charge in [0.05, 0.1) is 16.8 Å². The maximum Gasteiger partial charge on any atom is 0.416 e. The van der Waals surface area contributed by atoms with Gasteiger partial charge in [-0.15, -0.1) is 0 Å². The molecule has 4 nitrogen and oxygen atoms in total. The standard InChI is InChI=1S/C11H11F3N4/c12-11(13,14)6-1-2-8-7(5-6)9(3-4-15)18-10(16)17-8/h1-2,5H,3-4,15H2,(H2,16,17,18). The van der Waals surface area contributed by atoms with Crippen molar-refractivity contribution in [1.82, 2.24) is 9.97 Å². The highest BCUT2D eigenvalue weighted by atomic mass is 19.4. The monoisotopic (exact) mass is 256 g/mol. The number of nitrogen functional groups attached to an aromatic ring is 1. The Morgan fingerprint density at radius 1 is 1.17 bits per heavy atom. The lowest BCUT2D eigenvalue weighted by Crippen LogP contribution is -2.09. The molecule has 0 spiro atoms. The van der Waals surface area contributed by atoms with Gasteiger partial charge in [-0.05, 0) is 24.7 Å². The number of rotatable bonds is 2. The Kier molecular flexibility index (Phi) is 3.08. The molecule has 2 rings (SSSR count). The Morgan fingerprint density at radius 2 is 1.89 bits per heavy atom. The molecule has 0 fully saturated rings. The normalized spacial score (nSPS) is 12.0. The number of hydrogen-bond donors (Lipinski definition) is 2. The molecule has 2 aromatic rings. The van der Waals surface area contributed by atoms with Crippen molar-refractivity contribution in [1.29, 1.82) is 0 Å². The summed E-state index contributed by atoms with van der Waals surface area (Å²) in [5.74, 6) is 0.0331. The molecule has 0 radical (unpaired) electrons. The minimum absolute atomic E-state index is 0.0331. The first-order valence-corrected chi connectivity index (χ1v) is 5.25. The van der Waals surface area contributed by atoms with Crippen molar-refractivity contribution in [2.75, 3.05) is 12.3 Å². The molecule has 0 aliphatic carbocycles. The zero-order valence-corrected chi connectivity index (χ0v) is 9.33. The average Bonchev–Trinajstić information content (AvgIpc) is 2.27. The zero-order valence-electron chi connectivity index (χ0n) is 9.33. The Labute approximate surface area is 101 Å². The maximum absolute atomic E-state index is 12.6. The smallest absolute Gasteiger partial charge is 0.368 e. The van der Waals surface area contributed by atoms with Crippen LogP contribution in [0.1, 0.15) is 11.3 Å². The molecule has 1 heterocycles. The van der Waals surface area contributed by atoms with Gasteiger partial charge in [0.25, 0.3) is 0 Å². The predicted molar refractivity (Wildman–Crippen MR) is 61.7 cm³/mol. The van der Waals surface area contributed by atoms with E-state index in [9.17, 15) is 13.2 Å². The molecule has 96 valence electrons. The van der Waals surface area contributed by atoms with Gasteiger partial charge < -0.3 is 11.5 Å². The zero-order chi connectivity index (χ0) is 13.3. The number of alkyl halides is 3. The van der Waals surface area contributed by atoms with Crippen LogP contribution in [-0.2, 0) is 12.6 Å². The topological polar surface area (TPSA) is 77.8 Å². The Balaban J connectivity index is 2.66. The molecule has 0 saturated carbocycles. The van der Waals surface area contributed by atoms with Crippen LogP contribution in [0.15, 0.2) is 18.2 Å². The van der Waals surface area contributed by atoms with E-state index in [0.717, 1.165) is 12.1 Å². The van der Waals surface area contributed by atoms with Gasteiger partial charge in [-0.25, -0.2) is 9.97 Å². The van der Waals surface area contributed by atoms with Gasteiger partial charge in [-0.3, -0.25) is 0 Å². The lowest BCUT2D eigenvalue weighted by molar-refractivity contribution is -0.137. The van der Waals surface area contributed by atoms with Crippen LogP contribution in [0.4, 0.5) is 19.1 Å². The lowest BCUT2D eigenvalue weighted by atomic mass is 10.1. The SMILES string of the molecule is NCCc1nc(N)nc2ccc(C(F)(F)F)cc12. The van der Waals surface area contributed by atoms with Crippen LogP contribution in [0, 0.1) is 0 Å². The Bertz CT molecular complexity index is 580. The fourth-order valence-electron chi connectivity index (χ4n) is 1.72. The summed E-state index contributed by atoms with van der Waals surface area (Å²) in [6.07, 6.45) is -4.04. The summed E-state index contributed by atoms with van der Waals surface area (Å²) in [6.45, 7) is 0.280. The van der Waals surface area contributed by atoms with Crippen molar-refractivity contribution < 1.29 is 13.2 Å². The van der Waals surface area contributed by atoms with Crippen LogP contribution < -0.4 is 11.5 Å². The molecule has 4 N–H and O–H groups in total. The second-order valence-electron chi connectivity index (χ2n) is 3.80. The van der Waals surface area contributed by atoms with Crippen molar-refractivity contribution in [3.05, 3.63) is 29.5 Å².